The number of aliphatic hydroxyl groups excluding tert-OH is 1. The second kappa shape index (κ2) is 7.26. The molecule has 2 aromatic rings. The van der Waals surface area contributed by atoms with Crippen molar-refractivity contribution in [1.29, 1.82) is 0 Å². The number of para-hydroxylation sites is 1. The molecule has 5 rings (SSSR count). The molecule has 1 saturated carbocycles. The molecule has 1 aromatic heterocycles. The fraction of sp³-hybridized carbons (Fsp3) is 0.435. The van der Waals surface area contributed by atoms with E-state index in [9.17, 15) is 14.7 Å². The molecule has 2 fully saturated rings. The molecule has 2 amide bonds. The molecule has 0 bridgehead atoms. The Labute approximate surface area is 170 Å². The molecule has 1 saturated heterocycles. The van der Waals surface area contributed by atoms with Crippen LogP contribution in [0.1, 0.15) is 47.7 Å². The summed E-state index contributed by atoms with van der Waals surface area (Å²) in [6.45, 7) is 0.383. The largest absolute Gasteiger partial charge is 0.394 e. The molecule has 3 aliphatic rings. The lowest BCUT2D eigenvalue weighted by molar-refractivity contribution is -0.154. The fourth-order valence-corrected chi connectivity index (χ4v) is 5.40. The van der Waals surface area contributed by atoms with Crippen LogP contribution >= 0.6 is 0 Å². The van der Waals surface area contributed by atoms with Crippen LogP contribution in [0, 0.1) is 5.92 Å². The second-order valence-electron chi connectivity index (χ2n) is 8.26. The van der Waals surface area contributed by atoms with Crippen molar-refractivity contribution in [2.24, 2.45) is 5.92 Å². The Kier molecular flexibility index (Phi) is 4.59. The first-order chi connectivity index (χ1) is 14.2. The Balaban J connectivity index is 1.50. The molecule has 2 aliphatic heterocycles. The number of anilines is 1. The van der Waals surface area contributed by atoms with Gasteiger partial charge in [-0.2, -0.15) is 0 Å². The van der Waals surface area contributed by atoms with Crippen LogP contribution in [0.2, 0.25) is 0 Å². The van der Waals surface area contributed by atoms with Crippen molar-refractivity contribution in [3.05, 3.63) is 59.9 Å². The number of fused-ring (bicyclic) bond motifs is 3. The first-order valence-corrected chi connectivity index (χ1v) is 10.5. The van der Waals surface area contributed by atoms with Gasteiger partial charge in [0, 0.05) is 30.3 Å². The Bertz CT molecular complexity index is 926. The molecule has 3 heterocycles. The molecule has 1 N–H and O–H groups in total. The van der Waals surface area contributed by atoms with E-state index in [1.165, 1.54) is 0 Å². The van der Waals surface area contributed by atoms with Gasteiger partial charge in [-0.05, 0) is 36.6 Å². The average molecular weight is 391 g/mol. The van der Waals surface area contributed by atoms with E-state index in [2.05, 4.69) is 4.98 Å². The number of aliphatic hydroxyl groups is 1. The molecule has 1 aromatic carbocycles. The lowest BCUT2D eigenvalue weighted by Crippen LogP contribution is -2.71. The molecule has 6 heteroatoms. The van der Waals surface area contributed by atoms with Crippen molar-refractivity contribution in [3.8, 4) is 0 Å². The van der Waals surface area contributed by atoms with Crippen molar-refractivity contribution in [3.63, 3.8) is 0 Å². The highest BCUT2D eigenvalue weighted by molar-refractivity contribution is 6.06. The third kappa shape index (κ3) is 2.85. The summed E-state index contributed by atoms with van der Waals surface area (Å²) >= 11 is 0. The van der Waals surface area contributed by atoms with Crippen molar-refractivity contribution in [2.75, 3.05) is 18.1 Å². The monoisotopic (exact) mass is 391 g/mol. The van der Waals surface area contributed by atoms with E-state index in [0.29, 0.717) is 12.2 Å². The average Bonchev–Trinajstić information content (AvgIpc) is 3.29. The number of hydrogen-bond acceptors (Lipinski definition) is 4. The zero-order valence-corrected chi connectivity index (χ0v) is 16.3. The molecular weight excluding hydrogens is 366 g/mol. The third-order valence-corrected chi connectivity index (χ3v) is 6.78. The van der Waals surface area contributed by atoms with Gasteiger partial charge in [0.2, 0.25) is 5.91 Å². The molecule has 3 atom stereocenters. The summed E-state index contributed by atoms with van der Waals surface area (Å²) in [6.07, 6.45) is 5.66. The van der Waals surface area contributed by atoms with Gasteiger partial charge in [0.1, 0.15) is 5.69 Å². The number of aromatic nitrogens is 1. The van der Waals surface area contributed by atoms with Gasteiger partial charge in [-0.25, -0.2) is 0 Å². The highest BCUT2D eigenvalue weighted by Gasteiger charge is 2.56. The van der Waals surface area contributed by atoms with E-state index < -0.39 is 0 Å². The fourth-order valence-electron chi connectivity index (χ4n) is 5.40. The summed E-state index contributed by atoms with van der Waals surface area (Å²) in [4.78, 5) is 34.3. The van der Waals surface area contributed by atoms with Crippen LogP contribution < -0.4 is 4.90 Å². The Morgan fingerprint density at radius 2 is 1.83 bits per heavy atom. The van der Waals surface area contributed by atoms with Crippen LogP contribution in [0.5, 0.6) is 0 Å². The summed E-state index contributed by atoms with van der Waals surface area (Å²) in [7, 11) is 0. The van der Waals surface area contributed by atoms with Crippen LogP contribution in [0.4, 0.5) is 5.69 Å². The zero-order chi connectivity index (χ0) is 20.0. The standard InChI is InChI=1S/C23H25N3O3/c27-14-20-21-16-9-3-4-11-18(16)25(23(29)17-10-5-6-12-24-17)13-19(21)26(20)22(28)15-7-1-2-8-15/h3-6,9-12,15,19-21,27H,1-2,7-8,13-14H2/t19-,20-,21+/m1/s1. The normalized spacial score (nSPS) is 25.9. The summed E-state index contributed by atoms with van der Waals surface area (Å²) in [5, 5.41) is 10.1. The number of rotatable bonds is 3. The lowest BCUT2D eigenvalue weighted by atomic mass is 9.71. The van der Waals surface area contributed by atoms with Crippen LogP contribution in [0.25, 0.3) is 0 Å². The number of likely N-dealkylation sites (tertiary alicyclic amines) is 1. The van der Waals surface area contributed by atoms with Gasteiger partial charge < -0.3 is 14.9 Å². The summed E-state index contributed by atoms with van der Waals surface area (Å²) in [5.74, 6) is 0.112. The molecular formula is C23H25N3O3. The van der Waals surface area contributed by atoms with Gasteiger partial charge in [-0.3, -0.25) is 14.6 Å². The van der Waals surface area contributed by atoms with E-state index in [1.54, 1.807) is 29.3 Å². The van der Waals surface area contributed by atoms with Crippen molar-refractivity contribution < 1.29 is 14.7 Å². The Hall–Kier alpha value is -2.73. The molecule has 150 valence electrons. The number of carbonyl (C=O) groups is 2. The highest BCUT2D eigenvalue weighted by atomic mass is 16.3. The molecule has 0 unspecified atom stereocenters. The van der Waals surface area contributed by atoms with Crippen LogP contribution in [-0.2, 0) is 4.79 Å². The summed E-state index contributed by atoms with van der Waals surface area (Å²) in [5.41, 5.74) is 2.28. The lowest BCUT2D eigenvalue weighted by Gasteiger charge is -2.59. The predicted octanol–water partition coefficient (Wildman–Crippen LogP) is 2.59. The first-order valence-electron chi connectivity index (χ1n) is 10.5. The van der Waals surface area contributed by atoms with Crippen LogP contribution in [0.15, 0.2) is 48.7 Å². The molecule has 0 radical (unpaired) electrons. The Morgan fingerprint density at radius 1 is 1.07 bits per heavy atom. The Morgan fingerprint density at radius 3 is 2.55 bits per heavy atom. The first kappa shape index (κ1) is 18.3. The van der Waals surface area contributed by atoms with E-state index in [0.717, 1.165) is 36.9 Å². The number of hydrogen-bond donors (Lipinski definition) is 1. The SMILES string of the molecule is O=C(c1ccccn1)N1C[C@@H]2[C@H](c3ccccc31)[C@@H](CO)N2C(=O)C1CCCC1. The van der Waals surface area contributed by atoms with Crippen molar-refractivity contribution >= 4 is 17.5 Å². The summed E-state index contributed by atoms with van der Waals surface area (Å²) in [6, 6.07) is 12.9. The number of benzene rings is 1. The second-order valence-corrected chi connectivity index (χ2v) is 8.26. The zero-order valence-electron chi connectivity index (χ0n) is 16.3. The van der Waals surface area contributed by atoms with Gasteiger partial charge in [-0.1, -0.05) is 37.1 Å². The van der Waals surface area contributed by atoms with Crippen LogP contribution in [-0.4, -0.2) is 52.0 Å². The number of pyridine rings is 1. The topological polar surface area (TPSA) is 73.7 Å². The van der Waals surface area contributed by atoms with Gasteiger partial charge in [0.25, 0.3) is 5.91 Å². The molecule has 0 spiro atoms. The smallest absolute Gasteiger partial charge is 0.276 e. The quantitative estimate of drug-likeness (QED) is 0.873. The molecule has 1 aliphatic carbocycles. The van der Waals surface area contributed by atoms with Crippen LogP contribution in [0.3, 0.4) is 0 Å². The molecule has 6 nitrogen and oxygen atoms in total. The van der Waals surface area contributed by atoms with E-state index in [-0.39, 0.29) is 42.3 Å². The summed E-state index contributed by atoms with van der Waals surface area (Å²) < 4.78 is 0. The van der Waals surface area contributed by atoms with Gasteiger partial charge in [-0.15, -0.1) is 0 Å². The minimum absolute atomic E-state index is 0.0534. The van der Waals surface area contributed by atoms with Crippen molar-refractivity contribution in [2.45, 2.75) is 43.7 Å². The minimum atomic E-state index is -0.207. The maximum absolute atomic E-state index is 13.2. The van der Waals surface area contributed by atoms with E-state index in [4.69, 9.17) is 0 Å². The van der Waals surface area contributed by atoms with E-state index >= 15 is 0 Å². The molecule has 29 heavy (non-hydrogen) atoms. The van der Waals surface area contributed by atoms with E-state index in [1.807, 2.05) is 29.2 Å². The van der Waals surface area contributed by atoms with Gasteiger partial charge in [0.15, 0.2) is 0 Å². The van der Waals surface area contributed by atoms with Gasteiger partial charge in [0.05, 0.1) is 18.7 Å². The van der Waals surface area contributed by atoms with Gasteiger partial charge >= 0.3 is 0 Å². The highest BCUT2D eigenvalue weighted by Crippen LogP contribution is 2.49. The predicted molar refractivity (Wildman–Crippen MR) is 109 cm³/mol. The maximum Gasteiger partial charge on any atom is 0.276 e. The third-order valence-electron chi connectivity index (χ3n) is 6.78. The minimum Gasteiger partial charge on any atom is -0.394 e. The van der Waals surface area contributed by atoms with Crippen molar-refractivity contribution in [1.82, 2.24) is 9.88 Å². The maximum atomic E-state index is 13.2. The number of amides is 2. The number of carbonyl (C=O) groups excluding carboxylic acids is 2. The number of nitrogens with zero attached hydrogens (tertiary/aromatic N) is 3.